The lowest BCUT2D eigenvalue weighted by Crippen LogP contribution is -2.20. The molecule has 0 N–H and O–H groups in total. The molecule has 13 aliphatic heterocycles. The van der Waals surface area contributed by atoms with Crippen molar-refractivity contribution < 1.29 is 57.1 Å². The van der Waals surface area contributed by atoms with Crippen molar-refractivity contribution in [3.8, 4) is 46.0 Å². The van der Waals surface area contributed by atoms with Gasteiger partial charge < -0.3 is 37.9 Å². The van der Waals surface area contributed by atoms with E-state index in [4.69, 9.17) is 37.9 Å². The normalized spacial score (nSPS) is 16.2. The molecule has 384 valence electrons. The first-order valence-electron chi connectivity index (χ1n) is 24.7. The number of benzene rings is 8. The zero-order valence-electron chi connectivity index (χ0n) is 43.4. The van der Waals surface area contributed by atoms with Crippen LogP contribution in [0.4, 0.5) is 19.2 Å². The van der Waals surface area contributed by atoms with Crippen LogP contribution in [-0.4, -0.2) is 24.6 Å². The van der Waals surface area contributed by atoms with Gasteiger partial charge in [-0.25, -0.2) is 19.2 Å². The molecule has 0 spiro atoms. The average molecular weight is 1020 g/mol. The van der Waals surface area contributed by atoms with Gasteiger partial charge in [-0.05, 0) is 142 Å². The van der Waals surface area contributed by atoms with Gasteiger partial charge in [0.25, 0.3) is 0 Å². The SMILES string of the molecule is CC1(C)c2ccc(cc2)OC(=O)Oc2ccc(cc2)C(C)(C)c2ccc(cc2)OC(=O)Oc2ccc(cc2)C(C)(C)c2ccc(cc2)OC(=O)Oc2ccc(cc2)C(C)(C)c2ccc(cc2)OC(=O)Oc2ccc1cc2. The molecule has 13 heterocycles. The Morgan fingerprint density at radius 3 is 0.368 bits per heavy atom. The Kier molecular flexibility index (Phi) is 14.3. The van der Waals surface area contributed by atoms with Gasteiger partial charge in [-0.15, -0.1) is 0 Å². The minimum atomic E-state index is -0.883. The second-order valence-corrected chi connectivity index (χ2v) is 20.5. The number of ether oxygens (including phenoxy) is 8. The van der Waals surface area contributed by atoms with Crippen LogP contribution in [0.3, 0.4) is 0 Å². The van der Waals surface area contributed by atoms with Gasteiger partial charge in [-0.1, -0.05) is 152 Å². The van der Waals surface area contributed by atoms with Gasteiger partial charge in [0.1, 0.15) is 46.0 Å². The topological polar surface area (TPSA) is 142 Å². The molecule has 8 aromatic carbocycles. The molecule has 0 fully saturated rings. The van der Waals surface area contributed by atoms with E-state index in [9.17, 15) is 19.2 Å². The van der Waals surface area contributed by atoms with E-state index < -0.39 is 46.3 Å². The summed E-state index contributed by atoms with van der Waals surface area (Å²) in [5.74, 6) is 2.49. The van der Waals surface area contributed by atoms with Gasteiger partial charge in [0.05, 0.1) is 0 Å². The largest absolute Gasteiger partial charge is 0.519 e. The lowest BCUT2D eigenvalue weighted by atomic mass is 9.78. The molecule has 0 atom stereocenters. The summed E-state index contributed by atoms with van der Waals surface area (Å²) in [7, 11) is 0. The molecule has 16 bridgehead atoms. The Morgan fingerprint density at radius 2 is 0.276 bits per heavy atom. The summed E-state index contributed by atoms with van der Waals surface area (Å²) in [6.07, 6.45) is -3.53. The van der Waals surface area contributed by atoms with Crippen molar-refractivity contribution in [2.45, 2.75) is 77.0 Å². The molecular weight excluding hydrogens is 961 g/mol. The van der Waals surface area contributed by atoms with Gasteiger partial charge in [0, 0.05) is 21.7 Å². The maximum Gasteiger partial charge on any atom is 0.519 e. The molecule has 0 unspecified atom stereocenters. The highest BCUT2D eigenvalue weighted by molar-refractivity contribution is 5.70. The zero-order valence-corrected chi connectivity index (χ0v) is 43.4. The highest BCUT2D eigenvalue weighted by atomic mass is 16.7. The Morgan fingerprint density at radius 1 is 0.184 bits per heavy atom. The van der Waals surface area contributed by atoms with Gasteiger partial charge in [-0.3, -0.25) is 0 Å². The summed E-state index contributed by atoms with van der Waals surface area (Å²) in [5, 5.41) is 0. The molecule has 76 heavy (non-hydrogen) atoms. The second kappa shape index (κ2) is 21.0. The molecular formula is C64H56O12. The van der Waals surface area contributed by atoms with Crippen LogP contribution in [-0.2, 0) is 21.7 Å². The molecule has 12 nitrogen and oxygen atoms in total. The van der Waals surface area contributed by atoms with Crippen LogP contribution < -0.4 is 37.9 Å². The van der Waals surface area contributed by atoms with Gasteiger partial charge in [0.15, 0.2) is 0 Å². The second-order valence-electron chi connectivity index (χ2n) is 20.5. The Labute approximate surface area is 441 Å². The molecule has 13 aliphatic rings. The van der Waals surface area contributed by atoms with Crippen molar-refractivity contribution >= 4 is 24.6 Å². The number of carbonyl (C=O) groups is 4. The van der Waals surface area contributed by atoms with E-state index in [0.29, 0.717) is 46.0 Å². The molecule has 21 rings (SSSR count). The fourth-order valence-electron chi connectivity index (χ4n) is 9.04. The first-order valence-corrected chi connectivity index (χ1v) is 24.7. The van der Waals surface area contributed by atoms with Crippen molar-refractivity contribution in [2.75, 3.05) is 0 Å². The van der Waals surface area contributed by atoms with E-state index in [1.807, 2.05) is 97.1 Å². The monoisotopic (exact) mass is 1020 g/mol. The van der Waals surface area contributed by atoms with E-state index in [0.717, 1.165) is 44.5 Å². The van der Waals surface area contributed by atoms with Gasteiger partial charge >= 0.3 is 24.6 Å². The summed E-state index contributed by atoms with van der Waals surface area (Å²) in [6, 6.07) is 57.4. The fourth-order valence-corrected chi connectivity index (χ4v) is 9.04. The van der Waals surface area contributed by atoms with E-state index in [2.05, 4.69) is 55.4 Å². The summed E-state index contributed by atoms with van der Waals surface area (Å²) in [5.41, 5.74) is 5.72. The molecule has 0 saturated carbocycles. The third kappa shape index (κ3) is 11.6. The third-order valence-corrected chi connectivity index (χ3v) is 14.2. The maximum atomic E-state index is 12.9. The standard InChI is InChI=1S/C64H56O12/c1-61(2)41-9-25-49(26-10-41)69-57(65)71-51-29-13-43(14-30-51)62(3,4)45-17-33-53(34-18-45)73-59(67)75-55-37-21-47(22-38-55)64(7,8)48-23-39-56(40-24-48)76-60(68)74-54-35-19-46(20-36-54)63(5,6)44-15-31-52(32-16-44)72-58(66)70-50-27-11-42(61)12-28-50/h9-40H,1-8H3. The molecule has 0 aromatic heterocycles. The number of hydrogen-bond acceptors (Lipinski definition) is 12. The minimum absolute atomic E-state index is 0.311. The number of rotatable bonds is 0. The summed E-state index contributed by atoms with van der Waals surface area (Å²) < 4.78 is 44.2. The van der Waals surface area contributed by atoms with Crippen LogP contribution >= 0.6 is 0 Å². The van der Waals surface area contributed by atoms with Crippen molar-refractivity contribution in [1.29, 1.82) is 0 Å². The summed E-state index contributed by atoms with van der Waals surface area (Å²) in [6.45, 7) is 16.5. The van der Waals surface area contributed by atoms with Crippen molar-refractivity contribution in [3.05, 3.63) is 239 Å². The smallest absolute Gasteiger partial charge is 0.395 e. The van der Waals surface area contributed by atoms with Crippen LogP contribution in [0.2, 0.25) is 0 Å². The molecule has 0 amide bonds. The average Bonchev–Trinajstić information content (AvgIpc) is 3.39. The summed E-state index contributed by atoms with van der Waals surface area (Å²) >= 11 is 0. The third-order valence-electron chi connectivity index (χ3n) is 14.2. The predicted molar refractivity (Wildman–Crippen MR) is 287 cm³/mol. The Bertz CT molecular complexity index is 2680. The molecule has 0 aliphatic carbocycles. The predicted octanol–water partition coefficient (Wildman–Crippen LogP) is 15.6. The lowest BCUT2D eigenvalue weighted by molar-refractivity contribution is 0.150. The number of hydrogen-bond donors (Lipinski definition) is 0. The van der Waals surface area contributed by atoms with Crippen molar-refractivity contribution in [1.82, 2.24) is 0 Å². The van der Waals surface area contributed by atoms with Crippen LogP contribution in [0.1, 0.15) is 99.9 Å². The van der Waals surface area contributed by atoms with Gasteiger partial charge in [-0.2, -0.15) is 0 Å². The Balaban J connectivity index is 0.910. The highest BCUT2D eigenvalue weighted by Crippen LogP contribution is 2.38. The first-order chi connectivity index (χ1) is 36.2. The summed E-state index contributed by atoms with van der Waals surface area (Å²) in [4.78, 5) is 51.6. The van der Waals surface area contributed by atoms with Gasteiger partial charge in [0.2, 0.25) is 0 Å². The Hall–Kier alpha value is -9.16. The molecule has 12 heteroatoms. The molecule has 8 aromatic rings. The quantitative estimate of drug-likeness (QED) is 0.105. The molecule has 0 saturated heterocycles. The lowest BCUT2D eigenvalue weighted by Gasteiger charge is -2.26. The molecule has 0 radical (unpaired) electrons. The van der Waals surface area contributed by atoms with E-state index in [1.54, 1.807) is 97.1 Å². The zero-order chi connectivity index (χ0) is 53.8. The number of carbonyl (C=O) groups excluding carboxylic acids is 4. The van der Waals surface area contributed by atoms with Crippen molar-refractivity contribution in [3.63, 3.8) is 0 Å². The van der Waals surface area contributed by atoms with Crippen molar-refractivity contribution in [2.24, 2.45) is 0 Å². The van der Waals surface area contributed by atoms with Crippen LogP contribution in [0.5, 0.6) is 46.0 Å². The van der Waals surface area contributed by atoms with Crippen LogP contribution in [0, 0.1) is 0 Å². The first kappa shape index (κ1) is 51.7. The fraction of sp³-hybridized carbons (Fsp3) is 0.188. The van der Waals surface area contributed by atoms with E-state index >= 15 is 0 Å². The maximum absolute atomic E-state index is 12.9. The van der Waals surface area contributed by atoms with E-state index in [-0.39, 0.29) is 0 Å². The minimum Gasteiger partial charge on any atom is -0.395 e. The van der Waals surface area contributed by atoms with E-state index in [1.165, 1.54) is 0 Å². The van der Waals surface area contributed by atoms with Crippen LogP contribution in [0.25, 0.3) is 0 Å². The highest BCUT2D eigenvalue weighted by Gasteiger charge is 2.28. The van der Waals surface area contributed by atoms with Crippen LogP contribution in [0.15, 0.2) is 194 Å².